The van der Waals surface area contributed by atoms with Crippen molar-refractivity contribution in [3.8, 4) is 0 Å². The molecule has 6 nitrogen and oxygen atoms in total. The van der Waals surface area contributed by atoms with Crippen LogP contribution in [0.2, 0.25) is 0 Å². The molecule has 1 saturated heterocycles. The van der Waals surface area contributed by atoms with E-state index in [4.69, 9.17) is 11.1 Å². The van der Waals surface area contributed by atoms with Gasteiger partial charge in [0.25, 0.3) is 10.2 Å². The van der Waals surface area contributed by atoms with E-state index in [0.717, 1.165) is 19.3 Å². The van der Waals surface area contributed by atoms with Crippen LogP contribution in [-0.4, -0.2) is 37.7 Å². The third-order valence-corrected chi connectivity index (χ3v) is 4.36. The van der Waals surface area contributed by atoms with Crippen molar-refractivity contribution in [3.63, 3.8) is 0 Å². The maximum atomic E-state index is 11.9. The molecule has 0 aliphatic carbocycles. The van der Waals surface area contributed by atoms with Gasteiger partial charge in [-0.1, -0.05) is 13.3 Å². The zero-order chi connectivity index (χ0) is 12.2. The van der Waals surface area contributed by atoms with Gasteiger partial charge in [0, 0.05) is 13.1 Å². The summed E-state index contributed by atoms with van der Waals surface area (Å²) in [4.78, 5) is 0. The Bertz CT molecular complexity index is 335. The van der Waals surface area contributed by atoms with Gasteiger partial charge < -0.3 is 5.73 Å². The summed E-state index contributed by atoms with van der Waals surface area (Å²) in [5, 5.41) is 7.28. The summed E-state index contributed by atoms with van der Waals surface area (Å²) in [5.74, 6) is -0.136. The summed E-state index contributed by atoms with van der Waals surface area (Å²) >= 11 is 0. The smallest absolute Gasteiger partial charge is 0.280 e. The van der Waals surface area contributed by atoms with E-state index in [-0.39, 0.29) is 5.84 Å². The van der Waals surface area contributed by atoms with Crippen molar-refractivity contribution < 1.29 is 8.42 Å². The molecule has 7 heteroatoms. The van der Waals surface area contributed by atoms with Gasteiger partial charge in [-0.3, -0.25) is 5.41 Å². The van der Waals surface area contributed by atoms with Gasteiger partial charge in [0.1, 0.15) is 5.84 Å². The summed E-state index contributed by atoms with van der Waals surface area (Å²) in [5.41, 5.74) is 5.32. The lowest BCUT2D eigenvalue weighted by Gasteiger charge is -2.27. The lowest BCUT2D eigenvalue weighted by Crippen LogP contribution is -2.50. The van der Waals surface area contributed by atoms with Crippen molar-refractivity contribution in [2.24, 2.45) is 5.73 Å². The SMILES string of the molecule is CCC(NS(=O)(=O)N1CCCCC1)C(=N)N. The molecule has 94 valence electrons. The first-order valence-electron chi connectivity index (χ1n) is 5.58. The highest BCUT2D eigenvalue weighted by molar-refractivity contribution is 7.87. The Morgan fingerprint density at radius 1 is 1.44 bits per heavy atom. The Kier molecular flexibility index (Phi) is 4.69. The van der Waals surface area contributed by atoms with Gasteiger partial charge in [0.05, 0.1) is 6.04 Å². The second-order valence-corrected chi connectivity index (χ2v) is 5.70. The number of nitrogens with zero attached hydrogens (tertiary/aromatic N) is 1. The molecule has 0 amide bonds. The molecular weight excluding hydrogens is 228 g/mol. The molecule has 1 aliphatic heterocycles. The third kappa shape index (κ3) is 3.43. The standard InChI is InChI=1S/C9H20N4O2S/c1-2-8(9(10)11)12-16(14,15)13-6-4-3-5-7-13/h8,12H,2-7H2,1H3,(H3,10,11). The van der Waals surface area contributed by atoms with Crippen molar-refractivity contribution in [2.75, 3.05) is 13.1 Å². The number of nitrogens with one attached hydrogen (secondary N) is 2. The predicted octanol–water partition coefficient (Wildman–Crippen LogP) is 0.0213. The number of amidine groups is 1. The van der Waals surface area contributed by atoms with Crippen LogP contribution in [0.3, 0.4) is 0 Å². The molecule has 0 radical (unpaired) electrons. The lowest BCUT2D eigenvalue weighted by atomic mass is 10.2. The number of hydrogen-bond acceptors (Lipinski definition) is 3. The molecular formula is C9H20N4O2S. The van der Waals surface area contributed by atoms with Crippen LogP contribution in [-0.2, 0) is 10.2 Å². The normalized spacial score (nSPS) is 20.6. The molecule has 0 aromatic heterocycles. The fourth-order valence-electron chi connectivity index (χ4n) is 1.73. The van der Waals surface area contributed by atoms with Crippen molar-refractivity contribution in [1.82, 2.24) is 9.03 Å². The molecule has 16 heavy (non-hydrogen) atoms. The van der Waals surface area contributed by atoms with Crippen molar-refractivity contribution >= 4 is 16.0 Å². The number of rotatable bonds is 5. The molecule has 0 aromatic rings. The first-order chi connectivity index (χ1) is 7.47. The average molecular weight is 248 g/mol. The Morgan fingerprint density at radius 3 is 2.44 bits per heavy atom. The van der Waals surface area contributed by atoms with E-state index in [2.05, 4.69) is 4.72 Å². The molecule has 0 bridgehead atoms. The molecule has 1 heterocycles. The molecule has 0 aromatic carbocycles. The van der Waals surface area contributed by atoms with Gasteiger partial charge in [0.15, 0.2) is 0 Å². The van der Waals surface area contributed by atoms with Gasteiger partial charge in [-0.05, 0) is 19.3 Å². The summed E-state index contributed by atoms with van der Waals surface area (Å²) in [6, 6.07) is -0.591. The van der Waals surface area contributed by atoms with Gasteiger partial charge in [-0.2, -0.15) is 17.4 Å². The summed E-state index contributed by atoms with van der Waals surface area (Å²) < 4.78 is 27.7. The summed E-state index contributed by atoms with van der Waals surface area (Å²) in [7, 11) is -3.48. The van der Waals surface area contributed by atoms with E-state index in [1.54, 1.807) is 6.92 Å². The minimum Gasteiger partial charge on any atom is -0.386 e. The fourth-order valence-corrected chi connectivity index (χ4v) is 3.27. The minimum atomic E-state index is -3.48. The van der Waals surface area contributed by atoms with Crippen LogP contribution in [0.25, 0.3) is 0 Å². The molecule has 1 aliphatic rings. The third-order valence-electron chi connectivity index (χ3n) is 2.73. The van der Waals surface area contributed by atoms with E-state index in [1.165, 1.54) is 4.31 Å². The number of nitrogens with two attached hydrogens (primary N) is 1. The first-order valence-corrected chi connectivity index (χ1v) is 7.02. The lowest BCUT2D eigenvalue weighted by molar-refractivity contribution is 0.340. The Balaban J connectivity index is 2.65. The molecule has 1 rings (SSSR count). The van der Waals surface area contributed by atoms with E-state index < -0.39 is 16.3 Å². The maximum absolute atomic E-state index is 11.9. The van der Waals surface area contributed by atoms with Gasteiger partial charge in [0.2, 0.25) is 0 Å². The molecule has 1 fully saturated rings. The molecule has 4 N–H and O–H groups in total. The average Bonchev–Trinajstić information content (AvgIpc) is 2.27. The van der Waals surface area contributed by atoms with E-state index in [1.807, 2.05) is 0 Å². The monoisotopic (exact) mass is 248 g/mol. The van der Waals surface area contributed by atoms with Crippen LogP contribution in [0, 0.1) is 5.41 Å². The minimum absolute atomic E-state index is 0.136. The van der Waals surface area contributed by atoms with Crippen LogP contribution in [0.5, 0.6) is 0 Å². The molecule has 1 atom stereocenters. The number of hydrogen-bond donors (Lipinski definition) is 3. The zero-order valence-corrected chi connectivity index (χ0v) is 10.4. The zero-order valence-electron chi connectivity index (χ0n) is 9.57. The van der Waals surface area contributed by atoms with Crippen LogP contribution in [0.4, 0.5) is 0 Å². The van der Waals surface area contributed by atoms with E-state index in [9.17, 15) is 8.42 Å². The molecule has 0 saturated carbocycles. The quantitative estimate of drug-likeness (QED) is 0.472. The largest absolute Gasteiger partial charge is 0.386 e. The van der Waals surface area contributed by atoms with Crippen molar-refractivity contribution in [1.29, 1.82) is 5.41 Å². The van der Waals surface area contributed by atoms with E-state index >= 15 is 0 Å². The topological polar surface area (TPSA) is 99.3 Å². The highest BCUT2D eigenvalue weighted by atomic mass is 32.2. The van der Waals surface area contributed by atoms with Crippen LogP contribution in [0.15, 0.2) is 0 Å². The van der Waals surface area contributed by atoms with Crippen molar-refractivity contribution in [3.05, 3.63) is 0 Å². The Labute approximate surface area is 96.9 Å². The van der Waals surface area contributed by atoms with Crippen LogP contribution >= 0.6 is 0 Å². The highest BCUT2D eigenvalue weighted by Gasteiger charge is 2.26. The second-order valence-electron chi connectivity index (χ2n) is 4.00. The van der Waals surface area contributed by atoms with Gasteiger partial charge >= 0.3 is 0 Å². The second kappa shape index (κ2) is 5.60. The van der Waals surface area contributed by atoms with Crippen molar-refractivity contribution in [2.45, 2.75) is 38.6 Å². The highest BCUT2D eigenvalue weighted by Crippen LogP contribution is 2.12. The molecule has 0 spiro atoms. The predicted molar refractivity (Wildman–Crippen MR) is 63.5 cm³/mol. The van der Waals surface area contributed by atoms with Gasteiger partial charge in [-0.25, -0.2) is 0 Å². The fraction of sp³-hybridized carbons (Fsp3) is 0.889. The Morgan fingerprint density at radius 2 is 2.00 bits per heavy atom. The summed E-state index contributed by atoms with van der Waals surface area (Å²) in [6.07, 6.45) is 3.37. The molecule has 1 unspecified atom stereocenters. The van der Waals surface area contributed by atoms with Crippen LogP contribution in [0.1, 0.15) is 32.6 Å². The first kappa shape index (κ1) is 13.4. The van der Waals surface area contributed by atoms with Gasteiger partial charge in [-0.15, -0.1) is 0 Å². The van der Waals surface area contributed by atoms with Crippen LogP contribution < -0.4 is 10.5 Å². The number of piperidine rings is 1. The summed E-state index contributed by atoms with van der Waals surface area (Å²) in [6.45, 7) is 2.91. The van der Waals surface area contributed by atoms with E-state index in [0.29, 0.717) is 19.5 Å². The maximum Gasteiger partial charge on any atom is 0.280 e. The Hall–Kier alpha value is -0.660.